The summed E-state index contributed by atoms with van der Waals surface area (Å²) >= 11 is 0. The second-order valence-electron chi connectivity index (χ2n) is 6.10. The van der Waals surface area contributed by atoms with E-state index >= 15 is 0 Å². The smallest absolute Gasteiger partial charge is 0.410 e. The van der Waals surface area contributed by atoms with Gasteiger partial charge in [-0.2, -0.15) is 0 Å². The number of unbranched alkanes of at least 4 members (excludes halogenated alkanes) is 5. The van der Waals surface area contributed by atoms with Crippen molar-refractivity contribution < 1.29 is 19.1 Å². The number of likely N-dealkylation sites (N-methyl/N-ethyl adjacent to an activating group) is 1. The van der Waals surface area contributed by atoms with E-state index in [1.807, 2.05) is 13.8 Å². The number of carbonyl (C=O) groups is 2. The van der Waals surface area contributed by atoms with Gasteiger partial charge in [-0.05, 0) is 12.3 Å². The lowest BCUT2D eigenvalue weighted by atomic mass is 10.0. The number of amides is 1. The van der Waals surface area contributed by atoms with E-state index in [1.165, 1.54) is 36.7 Å². The lowest BCUT2D eigenvalue weighted by Crippen LogP contribution is -2.46. The van der Waals surface area contributed by atoms with Gasteiger partial charge < -0.3 is 9.47 Å². The number of carbonyl (C=O) groups excluding carboxylic acids is 2. The molecule has 0 N–H and O–H groups in total. The molecule has 0 aliphatic heterocycles. The minimum absolute atomic E-state index is 0.0478. The van der Waals surface area contributed by atoms with Gasteiger partial charge in [-0.25, -0.2) is 9.59 Å². The van der Waals surface area contributed by atoms with E-state index in [9.17, 15) is 9.59 Å². The van der Waals surface area contributed by atoms with Crippen LogP contribution in [0.3, 0.4) is 0 Å². The molecule has 0 aromatic carbocycles. The third kappa shape index (κ3) is 9.26. The van der Waals surface area contributed by atoms with Crippen LogP contribution < -0.4 is 0 Å². The molecule has 0 saturated carbocycles. The molecular weight excluding hydrogens is 294 g/mol. The Morgan fingerprint density at radius 1 is 1.09 bits per heavy atom. The largest absolute Gasteiger partial charge is 0.464 e. The monoisotopic (exact) mass is 327 g/mol. The van der Waals surface area contributed by atoms with Crippen LogP contribution in [0.1, 0.15) is 59.3 Å². The Morgan fingerprint density at radius 2 is 1.70 bits per heavy atom. The first-order valence-electron chi connectivity index (χ1n) is 8.62. The molecule has 0 aromatic heterocycles. The summed E-state index contributed by atoms with van der Waals surface area (Å²) < 4.78 is 10.3. The first-order chi connectivity index (χ1) is 11.0. The van der Waals surface area contributed by atoms with Gasteiger partial charge in [0.25, 0.3) is 0 Å². The highest BCUT2D eigenvalue weighted by Crippen LogP contribution is 2.13. The maximum absolute atomic E-state index is 12.2. The van der Waals surface area contributed by atoms with Crippen molar-refractivity contribution in [3.8, 4) is 0 Å². The molecule has 134 valence electrons. The Morgan fingerprint density at radius 3 is 2.26 bits per heavy atom. The summed E-state index contributed by atoms with van der Waals surface area (Å²) in [6, 6.07) is -0.632. The second kappa shape index (κ2) is 13.0. The van der Waals surface area contributed by atoms with Crippen molar-refractivity contribution in [1.29, 1.82) is 0 Å². The van der Waals surface area contributed by atoms with E-state index in [0.29, 0.717) is 6.61 Å². The minimum atomic E-state index is -0.632. The van der Waals surface area contributed by atoms with Gasteiger partial charge in [0.1, 0.15) is 12.6 Å². The summed E-state index contributed by atoms with van der Waals surface area (Å²) in [4.78, 5) is 25.4. The van der Waals surface area contributed by atoms with E-state index in [2.05, 4.69) is 13.5 Å². The fraction of sp³-hybridized carbons (Fsp3) is 0.778. The van der Waals surface area contributed by atoms with Gasteiger partial charge in [0.15, 0.2) is 0 Å². The Labute approximate surface area is 141 Å². The molecule has 0 spiro atoms. The third-order valence-electron chi connectivity index (χ3n) is 3.65. The summed E-state index contributed by atoms with van der Waals surface area (Å²) in [5, 5.41) is 0. The second-order valence-corrected chi connectivity index (χ2v) is 6.10. The molecule has 0 rings (SSSR count). The molecule has 0 bridgehead atoms. The van der Waals surface area contributed by atoms with Gasteiger partial charge in [-0.1, -0.05) is 65.5 Å². The zero-order chi connectivity index (χ0) is 17.7. The molecule has 0 aliphatic carbocycles. The normalized spacial score (nSPS) is 11.9. The summed E-state index contributed by atoms with van der Waals surface area (Å²) in [6.45, 7) is 9.98. The number of rotatable bonds is 12. The summed E-state index contributed by atoms with van der Waals surface area (Å²) in [6.07, 6.45) is 7.77. The van der Waals surface area contributed by atoms with Crippen molar-refractivity contribution in [2.75, 3.05) is 20.3 Å². The van der Waals surface area contributed by atoms with Gasteiger partial charge in [0.05, 0.1) is 6.61 Å². The molecule has 1 unspecified atom stereocenters. The highest BCUT2D eigenvalue weighted by molar-refractivity contribution is 5.81. The Kier molecular flexibility index (Phi) is 12.1. The molecule has 1 amide bonds. The highest BCUT2D eigenvalue weighted by atomic mass is 16.6. The highest BCUT2D eigenvalue weighted by Gasteiger charge is 2.31. The topological polar surface area (TPSA) is 55.8 Å². The van der Waals surface area contributed by atoms with E-state index in [-0.39, 0.29) is 18.5 Å². The average Bonchev–Trinajstić information content (AvgIpc) is 2.51. The summed E-state index contributed by atoms with van der Waals surface area (Å²) in [5.74, 6) is -0.417. The Bertz CT molecular complexity index is 355. The molecule has 1 atom stereocenters. The van der Waals surface area contributed by atoms with Crippen molar-refractivity contribution in [1.82, 2.24) is 4.90 Å². The SMILES string of the molecule is C=CCOC(=O)N(C)C(C(=O)OCCCCCCCC)C(C)C. The third-order valence-corrected chi connectivity index (χ3v) is 3.65. The molecule has 5 nitrogen and oxygen atoms in total. The predicted molar refractivity (Wildman–Crippen MR) is 92.3 cm³/mol. The van der Waals surface area contributed by atoms with Crippen molar-refractivity contribution in [2.24, 2.45) is 5.92 Å². The Balaban J connectivity index is 4.24. The van der Waals surface area contributed by atoms with Gasteiger partial charge in [0, 0.05) is 7.05 Å². The molecule has 0 aliphatic rings. The first kappa shape index (κ1) is 21.5. The lowest BCUT2D eigenvalue weighted by Gasteiger charge is -2.28. The van der Waals surface area contributed by atoms with Crippen LogP contribution in [0.4, 0.5) is 4.79 Å². The van der Waals surface area contributed by atoms with Crippen LogP contribution in [0.25, 0.3) is 0 Å². The van der Waals surface area contributed by atoms with Crippen molar-refractivity contribution in [3.05, 3.63) is 12.7 Å². The number of nitrogens with zero attached hydrogens (tertiary/aromatic N) is 1. The van der Waals surface area contributed by atoms with E-state index in [0.717, 1.165) is 12.8 Å². The zero-order valence-electron chi connectivity index (χ0n) is 15.2. The van der Waals surface area contributed by atoms with Crippen LogP contribution in [0, 0.1) is 5.92 Å². The molecule has 0 heterocycles. The van der Waals surface area contributed by atoms with Crippen molar-refractivity contribution in [2.45, 2.75) is 65.3 Å². The lowest BCUT2D eigenvalue weighted by molar-refractivity contribution is -0.150. The van der Waals surface area contributed by atoms with Crippen molar-refractivity contribution >= 4 is 12.1 Å². The van der Waals surface area contributed by atoms with Crippen LogP contribution in [0.15, 0.2) is 12.7 Å². The number of hydrogen-bond acceptors (Lipinski definition) is 4. The Hall–Kier alpha value is -1.52. The van der Waals surface area contributed by atoms with Crippen molar-refractivity contribution in [3.63, 3.8) is 0 Å². The van der Waals surface area contributed by atoms with Gasteiger partial charge in [0.2, 0.25) is 0 Å². The maximum Gasteiger partial charge on any atom is 0.410 e. The molecule has 0 aromatic rings. The molecule has 0 saturated heterocycles. The molecule has 0 radical (unpaired) electrons. The van der Waals surface area contributed by atoms with Crippen LogP contribution in [0.2, 0.25) is 0 Å². The van der Waals surface area contributed by atoms with E-state index < -0.39 is 12.1 Å². The summed E-state index contributed by atoms with van der Waals surface area (Å²) in [7, 11) is 1.56. The zero-order valence-corrected chi connectivity index (χ0v) is 15.2. The van der Waals surface area contributed by atoms with Crippen LogP contribution in [-0.4, -0.2) is 43.3 Å². The standard InChI is InChI=1S/C18H33NO4/c1-6-8-9-10-11-12-14-22-17(20)16(15(3)4)19(5)18(21)23-13-7-2/h7,15-16H,2,6,8-14H2,1,3-5H3. The molecule has 5 heteroatoms. The quantitative estimate of drug-likeness (QED) is 0.307. The van der Waals surface area contributed by atoms with Gasteiger partial charge in [-0.15, -0.1) is 0 Å². The number of hydrogen-bond donors (Lipinski definition) is 0. The maximum atomic E-state index is 12.2. The predicted octanol–water partition coefficient (Wildman–Crippen LogP) is 4.17. The van der Waals surface area contributed by atoms with Crippen LogP contribution in [0.5, 0.6) is 0 Å². The fourth-order valence-corrected chi connectivity index (χ4v) is 2.36. The van der Waals surface area contributed by atoms with Crippen LogP contribution >= 0.6 is 0 Å². The van der Waals surface area contributed by atoms with E-state index in [1.54, 1.807) is 7.05 Å². The summed E-state index contributed by atoms with van der Waals surface area (Å²) in [5.41, 5.74) is 0. The molecule has 23 heavy (non-hydrogen) atoms. The van der Waals surface area contributed by atoms with Crippen LogP contribution in [-0.2, 0) is 14.3 Å². The fourth-order valence-electron chi connectivity index (χ4n) is 2.36. The number of esters is 1. The average molecular weight is 327 g/mol. The minimum Gasteiger partial charge on any atom is -0.464 e. The van der Waals surface area contributed by atoms with Gasteiger partial charge in [-0.3, -0.25) is 4.90 Å². The first-order valence-corrected chi connectivity index (χ1v) is 8.62. The van der Waals surface area contributed by atoms with Gasteiger partial charge >= 0.3 is 12.1 Å². The molecular formula is C18H33NO4. The molecule has 0 fully saturated rings. The number of ether oxygens (including phenoxy) is 2. The van der Waals surface area contributed by atoms with E-state index in [4.69, 9.17) is 9.47 Å².